The molecule has 396 valence electrons. The second kappa shape index (κ2) is 56.7. The second-order valence-corrected chi connectivity index (χ2v) is 20.6. The van der Waals surface area contributed by atoms with Gasteiger partial charge < -0.3 is 14.2 Å². The van der Waals surface area contributed by atoms with Crippen LogP contribution in [0.3, 0.4) is 0 Å². The Morgan fingerprint density at radius 3 is 0.806 bits per heavy atom. The Morgan fingerprint density at radius 1 is 0.284 bits per heavy atom. The van der Waals surface area contributed by atoms with E-state index in [9.17, 15) is 14.4 Å². The third-order valence-corrected chi connectivity index (χ3v) is 13.8. The van der Waals surface area contributed by atoms with Crippen LogP contribution in [0.5, 0.6) is 0 Å². The summed E-state index contributed by atoms with van der Waals surface area (Å²) in [6.07, 6.45) is 65.1. The molecule has 0 bridgehead atoms. The molecule has 0 fully saturated rings. The van der Waals surface area contributed by atoms with Crippen LogP contribution in [0, 0.1) is 0 Å². The highest BCUT2D eigenvalue weighted by Gasteiger charge is 2.19. The molecule has 0 saturated heterocycles. The SMILES string of the molecule is CCC/C=C\CCCCCCCC(=O)OCC(COC(=O)CCCCCCCCCCCCCCCCCCCCCCCC)OC(=O)CCCCCCCCCCCCCCCCCCC. The van der Waals surface area contributed by atoms with Gasteiger partial charge in [-0.25, -0.2) is 0 Å². The molecule has 6 heteroatoms. The molecule has 1 atom stereocenters. The highest BCUT2D eigenvalue weighted by atomic mass is 16.6. The lowest BCUT2D eigenvalue weighted by molar-refractivity contribution is -0.167. The monoisotopic (exact) mass is 945 g/mol. The van der Waals surface area contributed by atoms with Gasteiger partial charge in [0.2, 0.25) is 0 Å². The molecule has 0 N–H and O–H groups in total. The number of carbonyl (C=O) groups is 3. The maximum absolute atomic E-state index is 12.8. The largest absolute Gasteiger partial charge is 0.462 e. The van der Waals surface area contributed by atoms with E-state index in [1.54, 1.807) is 0 Å². The minimum atomic E-state index is -0.767. The van der Waals surface area contributed by atoms with Crippen LogP contribution in [0.1, 0.15) is 342 Å². The number of esters is 3. The van der Waals surface area contributed by atoms with Crippen molar-refractivity contribution >= 4 is 17.9 Å². The molecule has 1 unspecified atom stereocenters. The normalized spacial score (nSPS) is 12.0. The van der Waals surface area contributed by atoms with Crippen LogP contribution >= 0.6 is 0 Å². The molecule has 0 rings (SSSR count). The van der Waals surface area contributed by atoms with Crippen molar-refractivity contribution in [3.05, 3.63) is 12.2 Å². The molecule has 0 aliphatic carbocycles. The zero-order valence-electron chi connectivity index (χ0n) is 45.5. The van der Waals surface area contributed by atoms with Crippen molar-refractivity contribution in [1.29, 1.82) is 0 Å². The molecule has 0 spiro atoms. The van der Waals surface area contributed by atoms with Gasteiger partial charge in [0, 0.05) is 19.3 Å². The molecule has 0 aliphatic heterocycles. The zero-order valence-corrected chi connectivity index (χ0v) is 45.5. The van der Waals surface area contributed by atoms with E-state index < -0.39 is 6.10 Å². The fourth-order valence-electron chi connectivity index (χ4n) is 9.21. The van der Waals surface area contributed by atoms with Crippen LogP contribution in [-0.4, -0.2) is 37.2 Å². The van der Waals surface area contributed by atoms with Gasteiger partial charge in [-0.1, -0.05) is 296 Å². The van der Waals surface area contributed by atoms with Crippen LogP contribution in [0.4, 0.5) is 0 Å². The van der Waals surface area contributed by atoms with E-state index >= 15 is 0 Å². The van der Waals surface area contributed by atoms with Crippen molar-refractivity contribution in [3.8, 4) is 0 Å². The topological polar surface area (TPSA) is 78.9 Å². The maximum Gasteiger partial charge on any atom is 0.306 e. The van der Waals surface area contributed by atoms with Gasteiger partial charge in [0.05, 0.1) is 0 Å². The highest BCUT2D eigenvalue weighted by molar-refractivity contribution is 5.71. The molecule has 0 amide bonds. The third-order valence-electron chi connectivity index (χ3n) is 13.8. The average molecular weight is 946 g/mol. The van der Waals surface area contributed by atoms with Gasteiger partial charge in [-0.3, -0.25) is 14.4 Å². The van der Waals surface area contributed by atoms with Gasteiger partial charge in [0.25, 0.3) is 0 Å². The maximum atomic E-state index is 12.8. The number of carbonyl (C=O) groups excluding carboxylic acids is 3. The minimum Gasteiger partial charge on any atom is -0.462 e. The van der Waals surface area contributed by atoms with Crippen LogP contribution in [-0.2, 0) is 28.6 Å². The Hall–Kier alpha value is -1.85. The Morgan fingerprint density at radius 2 is 0.522 bits per heavy atom. The summed E-state index contributed by atoms with van der Waals surface area (Å²) in [5, 5.41) is 0. The lowest BCUT2D eigenvalue weighted by atomic mass is 10.0. The van der Waals surface area contributed by atoms with Gasteiger partial charge in [0.15, 0.2) is 6.10 Å². The first-order chi connectivity index (χ1) is 33.0. The summed E-state index contributed by atoms with van der Waals surface area (Å²) in [5.41, 5.74) is 0. The fourth-order valence-corrected chi connectivity index (χ4v) is 9.21. The van der Waals surface area contributed by atoms with Crippen LogP contribution in [0.25, 0.3) is 0 Å². The number of unbranched alkanes of at least 4 members (excludes halogenated alkanes) is 43. The van der Waals surface area contributed by atoms with E-state index in [0.29, 0.717) is 19.3 Å². The summed E-state index contributed by atoms with van der Waals surface area (Å²) >= 11 is 0. The summed E-state index contributed by atoms with van der Waals surface area (Å²) in [4.78, 5) is 38.1. The molecular formula is C61H116O6. The number of ether oxygens (including phenoxy) is 3. The number of hydrogen-bond donors (Lipinski definition) is 0. The molecule has 0 aromatic rings. The van der Waals surface area contributed by atoms with Gasteiger partial charge in [-0.15, -0.1) is 0 Å². The van der Waals surface area contributed by atoms with E-state index in [4.69, 9.17) is 14.2 Å². The van der Waals surface area contributed by atoms with Gasteiger partial charge >= 0.3 is 17.9 Å². The summed E-state index contributed by atoms with van der Waals surface area (Å²) in [6.45, 7) is 6.64. The van der Waals surface area contributed by atoms with Crippen molar-refractivity contribution in [2.75, 3.05) is 13.2 Å². The van der Waals surface area contributed by atoms with Gasteiger partial charge in [-0.05, 0) is 38.5 Å². The molecule has 0 aliphatic rings. The quantitative estimate of drug-likeness (QED) is 0.0262. The lowest BCUT2D eigenvalue weighted by Gasteiger charge is -2.18. The molecule has 0 aromatic heterocycles. The lowest BCUT2D eigenvalue weighted by Crippen LogP contribution is -2.30. The van der Waals surface area contributed by atoms with Crippen LogP contribution in [0.15, 0.2) is 12.2 Å². The first-order valence-electron chi connectivity index (χ1n) is 30.2. The average Bonchev–Trinajstić information content (AvgIpc) is 3.33. The van der Waals surface area contributed by atoms with Crippen molar-refractivity contribution in [1.82, 2.24) is 0 Å². The van der Waals surface area contributed by atoms with Crippen molar-refractivity contribution in [2.24, 2.45) is 0 Å². The number of rotatable bonds is 56. The third kappa shape index (κ3) is 55.0. The number of allylic oxidation sites excluding steroid dienone is 2. The molecule has 67 heavy (non-hydrogen) atoms. The number of hydrogen-bond acceptors (Lipinski definition) is 6. The predicted molar refractivity (Wildman–Crippen MR) is 289 cm³/mol. The Kier molecular flexibility index (Phi) is 55.2. The fraction of sp³-hybridized carbons (Fsp3) is 0.918. The first kappa shape index (κ1) is 65.1. The van der Waals surface area contributed by atoms with Crippen LogP contribution < -0.4 is 0 Å². The minimum absolute atomic E-state index is 0.0666. The molecule has 0 saturated carbocycles. The van der Waals surface area contributed by atoms with Crippen molar-refractivity contribution in [2.45, 2.75) is 348 Å². The summed E-state index contributed by atoms with van der Waals surface area (Å²) in [5.74, 6) is -0.852. The molecular weight excluding hydrogens is 829 g/mol. The van der Waals surface area contributed by atoms with Crippen molar-refractivity contribution in [3.63, 3.8) is 0 Å². The molecule has 0 aromatic carbocycles. The summed E-state index contributed by atoms with van der Waals surface area (Å²) < 4.78 is 16.9. The summed E-state index contributed by atoms with van der Waals surface area (Å²) in [6, 6.07) is 0. The molecule has 0 radical (unpaired) electrons. The van der Waals surface area contributed by atoms with Crippen molar-refractivity contribution < 1.29 is 28.6 Å². The standard InChI is InChI=1S/C61H116O6/c1-4-7-10-13-16-19-22-24-26-28-29-30-31-32-34-35-37-39-42-45-48-51-54-60(63)66-57-58(56-65-59(62)53-50-47-44-41-21-18-15-12-9-6-3)67-61(64)55-52-49-46-43-40-38-36-33-27-25-23-20-17-14-11-8-5-2/h12,15,58H,4-11,13-14,16-57H2,1-3H3/b15-12-. The van der Waals surface area contributed by atoms with Crippen LogP contribution in [0.2, 0.25) is 0 Å². The molecule has 0 heterocycles. The van der Waals surface area contributed by atoms with E-state index in [1.165, 1.54) is 231 Å². The van der Waals surface area contributed by atoms with Gasteiger partial charge in [-0.2, -0.15) is 0 Å². The Bertz CT molecular complexity index is 1040. The van der Waals surface area contributed by atoms with E-state index in [2.05, 4.69) is 32.9 Å². The highest BCUT2D eigenvalue weighted by Crippen LogP contribution is 2.18. The van der Waals surface area contributed by atoms with E-state index in [-0.39, 0.29) is 31.1 Å². The summed E-state index contributed by atoms with van der Waals surface area (Å²) in [7, 11) is 0. The van der Waals surface area contributed by atoms with E-state index in [1.807, 2.05) is 0 Å². The van der Waals surface area contributed by atoms with E-state index in [0.717, 1.165) is 70.6 Å². The second-order valence-electron chi connectivity index (χ2n) is 20.6. The molecule has 6 nitrogen and oxygen atoms in total. The predicted octanol–water partition coefficient (Wildman–Crippen LogP) is 20.1. The zero-order chi connectivity index (χ0) is 48.6. The Balaban J connectivity index is 4.19. The van der Waals surface area contributed by atoms with Gasteiger partial charge in [0.1, 0.15) is 13.2 Å². The smallest absolute Gasteiger partial charge is 0.306 e. The Labute approximate surface area is 418 Å². The first-order valence-corrected chi connectivity index (χ1v) is 30.2.